The van der Waals surface area contributed by atoms with Crippen LogP contribution in [0.5, 0.6) is 11.5 Å². The lowest BCUT2D eigenvalue weighted by atomic mass is 10.1. The highest BCUT2D eigenvalue weighted by atomic mass is 16.5. The average molecular weight is 333 g/mol. The Bertz CT molecular complexity index is 623. The molecular weight excluding hydrogens is 310 g/mol. The highest BCUT2D eigenvalue weighted by Crippen LogP contribution is 2.27. The molecule has 0 spiro atoms. The standard InChI is InChI=1S/C17H23N3O4/c1-20(8-9-21)12-14(11-18)17(22)19-7-6-13-4-5-15(23-2)16(10-13)24-3/h4-5,10,12,21H,6-9H2,1-3H3,(H,19,22)/b14-12-. The lowest BCUT2D eigenvalue weighted by Crippen LogP contribution is -2.28. The van der Waals surface area contributed by atoms with E-state index in [9.17, 15) is 4.79 Å². The number of likely N-dealkylation sites (N-methyl/N-ethyl adjacent to an activating group) is 1. The lowest BCUT2D eigenvalue weighted by molar-refractivity contribution is -0.117. The maximum absolute atomic E-state index is 12.0. The summed E-state index contributed by atoms with van der Waals surface area (Å²) in [6, 6.07) is 7.41. The second-order valence-electron chi connectivity index (χ2n) is 5.05. The predicted molar refractivity (Wildman–Crippen MR) is 89.7 cm³/mol. The Morgan fingerprint density at radius 3 is 2.67 bits per heavy atom. The van der Waals surface area contributed by atoms with E-state index in [1.54, 1.807) is 32.2 Å². The second kappa shape index (κ2) is 10.1. The van der Waals surface area contributed by atoms with Crippen molar-refractivity contribution in [1.82, 2.24) is 10.2 Å². The van der Waals surface area contributed by atoms with Gasteiger partial charge in [0.25, 0.3) is 5.91 Å². The maximum atomic E-state index is 12.0. The number of ether oxygens (including phenoxy) is 2. The Morgan fingerprint density at radius 1 is 1.38 bits per heavy atom. The van der Waals surface area contributed by atoms with Crippen LogP contribution in [0.25, 0.3) is 0 Å². The van der Waals surface area contributed by atoms with E-state index in [4.69, 9.17) is 19.8 Å². The van der Waals surface area contributed by atoms with E-state index in [1.165, 1.54) is 6.20 Å². The number of nitrogens with zero attached hydrogens (tertiary/aromatic N) is 2. The van der Waals surface area contributed by atoms with Gasteiger partial charge in [-0.3, -0.25) is 4.79 Å². The summed E-state index contributed by atoms with van der Waals surface area (Å²) >= 11 is 0. The van der Waals surface area contributed by atoms with Gasteiger partial charge in [-0.25, -0.2) is 0 Å². The van der Waals surface area contributed by atoms with Crippen molar-refractivity contribution in [2.45, 2.75) is 6.42 Å². The minimum absolute atomic E-state index is 0.00161. The van der Waals surface area contributed by atoms with Crippen LogP contribution in [0.4, 0.5) is 0 Å². The first kappa shape index (κ1) is 19.3. The zero-order chi connectivity index (χ0) is 17.9. The zero-order valence-corrected chi connectivity index (χ0v) is 14.2. The van der Waals surface area contributed by atoms with E-state index in [1.807, 2.05) is 18.2 Å². The van der Waals surface area contributed by atoms with E-state index >= 15 is 0 Å². The van der Waals surface area contributed by atoms with Crippen LogP contribution in [0, 0.1) is 11.3 Å². The Kier molecular flexibility index (Phi) is 8.16. The van der Waals surface area contributed by atoms with Crippen molar-refractivity contribution >= 4 is 5.91 Å². The van der Waals surface area contributed by atoms with Gasteiger partial charge in [-0.2, -0.15) is 5.26 Å². The number of carbonyl (C=O) groups is 1. The van der Waals surface area contributed by atoms with Crippen LogP contribution in [0.1, 0.15) is 5.56 Å². The number of hydrogen-bond acceptors (Lipinski definition) is 6. The fourth-order valence-corrected chi connectivity index (χ4v) is 2.03. The first-order chi connectivity index (χ1) is 11.5. The molecular formula is C17H23N3O4. The minimum Gasteiger partial charge on any atom is -0.493 e. The first-order valence-corrected chi connectivity index (χ1v) is 7.47. The van der Waals surface area contributed by atoms with Gasteiger partial charge in [0.2, 0.25) is 0 Å². The first-order valence-electron chi connectivity index (χ1n) is 7.47. The molecule has 0 aromatic heterocycles. The van der Waals surface area contributed by atoms with Crippen LogP contribution in [-0.2, 0) is 11.2 Å². The third kappa shape index (κ3) is 5.82. The molecule has 0 unspecified atom stereocenters. The van der Waals surface area contributed by atoms with Crippen LogP contribution in [0.3, 0.4) is 0 Å². The number of nitriles is 1. The smallest absolute Gasteiger partial charge is 0.263 e. The molecule has 2 N–H and O–H groups in total. The molecule has 7 heteroatoms. The van der Waals surface area contributed by atoms with Gasteiger partial charge in [-0.05, 0) is 24.1 Å². The number of carbonyl (C=O) groups excluding carboxylic acids is 1. The number of methoxy groups -OCH3 is 2. The monoisotopic (exact) mass is 333 g/mol. The predicted octanol–water partition coefficient (Wildman–Crippen LogP) is 0.694. The molecule has 0 saturated carbocycles. The molecule has 24 heavy (non-hydrogen) atoms. The molecule has 0 heterocycles. The molecule has 0 radical (unpaired) electrons. The maximum Gasteiger partial charge on any atom is 0.263 e. The van der Waals surface area contributed by atoms with E-state index < -0.39 is 5.91 Å². The van der Waals surface area contributed by atoms with E-state index in [0.717, 1.165) is 5.56 Å². The molecule has 0 aliphatic heterocycles. The van der Waals surface area contributed by atoms with Crippen LogP contribution in [-0.4, -0.2) is 56.9 Å². The summed E-state index contributed by atoms with van der Waals surface area (Å²) in [7, 11) is 4.82. The van der Waals surface area contributed by atoms with Crippen LogP contribution >= 0.6 is 0 Å². The third-order valence-electron chi connectivity index (χ3n) is 3.31. The van der Waals surface area contributed by atoms with Gasteiger partial charge in [0.05, 0.1) is 20.8 Å². The third-order valence-corrected chi connectivity index (χ3v) is 3.31. The highest BCUT2D eigenvalue weighted by molar-refractivity contribution is 5.97. The molecule has 0 fully saturated rings. The Labute approximate surface area is 142 Å². The molecule has 7 nitrogen and oxygen atoms in total. The van der Waals surface area contributed by atoms with E-state index in [0.29, 0.717) is 31.0 Å². The molecule has 0 aliphatic carbocycles. The van der Waals surface area contributed by atoms with Gasteiger partial charge < -0.3 is 24.8 Å². The summed E-state index contributed by atoms with van der Waals surface area (Å²) in [4.78, 5) is 13.6. The molecule has 130 valence electrons. The Morgan fingerprint density at radius 2 is 2.08 bits per heavy atom. The summed E-state index contributed by atoms with van der Waals surface area (Å²) in [6.07, 6.45) is 2.01. The zero-order valence-electron chi connectivity index (χ0n) is 14.2. The van der Waals surface area contributed by atoms with Crippen LogP contribution in [0.2, 0.25) is 0 Å². The number of amides is 1. The molecule has 0 bridgehead atoms. The van der Waals surface area contributed by atoms with Crippen LogP contribution in [0.15, 0.2) is 30.0 Å². The highest BCUT2D eigenvalue weighted by Gasteiger charge is 2.10. The quantitative estimate of drug-likeness (QED) is 0.510. The molecule has 1 aromatic carbocycles. The van der Waals surface area contributed by atoms with Crippen molar-refractivity contribution in [1.29, 1.82) is 5.26 Å². The fourth-order valence-electron chi connectivity index (χ4n) is 2.03. The molecule has 0 atom stereocenters. The van der Waals surface area contributed by atoms with Crippen molar-refractivity contribution in [2.75, 3.05) is 41.0 Å². The van der Waals surface area contributed by atoms with Gasteiger partial charge in [0.15, 0.2) is 11.5 Å². The molecule has 1 rings (SSSR count). The average Bonchev–Trinajstić information content (AvgIpc) is 2.59. The largest absolute Gasteiger partial charge is 0.493 e. The number of hydrogen-bond donors (Lipinski definition) is 2. The number of aliphatic hydroxyl groups is 1. The Hall–Kier alpha value is -2.72. The Balaban J connectivity index is 2.60. The van der Waals surface area contributed by atoms with Gasteiger partial charge >= 0.3 is 0 Å². The summed E-state index contributed by atoms with van der Waals surface area (Å²) in [5.74, 6) is 0.833. The number of benzene rings is 1. The van der Waals surface area contributed by atoms with Crippen molar-refractivity contribution < 1.29 is 19.4 Å². The van der Waals surface area contributed by atoms with Crippen molar-refractivity contribution in [3.63, 3.8) is 0 Å². The van der Waals surface area contributed by atoms with Gasteiger partial charge in [0.1, 0.15) is 11.6 Å². The molecule has 1 amide bonds. The van der Waals surface area contributed by atoms with Crippen LogP contribution < -0.4 is 14.8 Å². The summed E-state index contributed by atoms with van der Waals surface area (Å²) in [5, 5.41) is 20.6. The lowest BCUT2D eigenvalue weighted by Gasteiger charge is -2.13. The SMILES string of the molecule is COc1ccc(CCNC(=O)/C(C#N)=C\N(C)CCO)cc1OC. The van der Waals surface area contributed by atoms with Gasteiger partial charge in [-0.15, -0.1) is 0 Å². The summed E-state index contributed by atoms with van der Waals surface area (Å²) in [5.41, 5.74) is 0.978. The van der Waals surface area contributed by atoms with E-state index in [-0.39, 0.29) is 12.2 Å². The molecule has 0 aliphatic rings. The second-order valence-corrected chi connectivity index (χ2v) is 5.05. The topological polar surface area (TPSA) is 94.8 Å². The van der Waals surface area contributed by atoms with Crippen molar-refractivity contribution in [2.24, 2.45) is 0 Å². The number of aliphatic hydroxyl groups excluding tert-OH is 1. The van der Waals surface area contributed by atoms with Crippen molar-refractivity contribution in [3.05, 3.63) is 35.5 Å². The van der Waals surface area contributed by atoms with E-state index in [2.05, 4.69) is 5.32 Å². The van der Waals surface area contributed by atoms with Crippen molar-refractivity contribution in [3.8, 4) is 17.6 Å². The summed E-state index contributed by atoms with van der Waals surface area (Å²) < 4.78 is 10.4. The minimum atomic E-state index is -0.442. The summed E-state index contributed by atoms with van der Waals surface area (Å²) in [6.45, 7) is 0.688. The van der Waals surface area contributed by atoms with Gasteiger partial charge in [0, 0.05) is 26.3 Å². The normalized spacial score (nSPS) is 10.7. The fraction of sp³-hybridized carbons (Fsp3) is 0.412. The molecule has 1 aromatic rings. The van der Waals surface area contributed by atoms with Gasteiger partial charge in [-0.1, -0.05) is 6.07 Å². The number of nitrogens with one attached hydrogen (secondary N) is 1. The molecule has 0 saturated heterocycles. The number of rotatable bonds is 9.